The number of hydrogen-bond acceptors (Lipinski definition) is 5. The van der Waals surface area contributed by atoms with Crippen LogP contribution in [0.3, 0.4) is 0 Å². The molecule has 3 aromatic rings. The lowest BCUT2D eigenvalue weighted by Crippen LogP contribution is -2.59. The molecular formula is C28H26ClFN4O4. The number of likely N-dealkylation sites (tertiary alicyclic amines) is 1. The van der Waals surface area contributed by atoms with Crippen molar-refractivity contribution in [2.24, 2.45) is 0 Å². The Kier molecular flexibility index (Phi) is 7.40. The molecule has 0 saturated carbocycles. The average molecular weight is 537 g/mol. The van der Waals surface area contributed by atoms with Crippen LogP contribution in [0.5, 0.6) is 0 Å². The first-order valence-corrected chi connectivity index (χ1v) is 12.7. The number of ether oxygens (including phenoxy) is 1. The van der Waals surface area contributed by atoms with Gasteiger partial charge >= 0.3 is 0 Å². The summed E-state index contributed by atoms with van der Waals surface area (Å²) in [5.41, 5.74) is 0.300. The SMILES string of the molecule is O=C(NCc1cccnc1)[C@@H]1COC2(CCN(C(=O)c3cccc(Cl)c3)CC2)N1C(=O)c1cccc(F)c1. The predicted molar refractivity (Wildman–Crippen MR) is 138 cm³/mol. The molecule has 1 N–H and O–H groups in total. The summed E-state index contributed by atoms with van der Waals surface area (Å²) in [5.74, 6) is -1.61. The van der Waals surface area contributed by atoms with Crippen LogP contribution in [0, 0.1) is 5.82 Å². The second-order valence-corrected chi connectivity index (χ2v) is 9.78. The topological polar surface area (TPSA) is 91.8 Å². The number of piperidine rings is 1. The van der Waals surface area contributed by atoms with Crippen LogP contribution in [0.1, 0.15) is 39.1 Å². The first-order chi connectivity index (χ1) is 18.4. The van der Waals surface area contributed by atoms with Crippen molar-refractivity contribution in [1.29, 1.82) is 0 Å². The molecule has 1 spiro atoms. The highest BCUT2D eigenvalue weighted by Gasteiger charge is 2.54. The summed E-state index contributed by atoms with van der Waals surface area (Å²) in [4.78, 5) is 47.2. The quantitative estimate of drug-likeness (QED) is 0.537. The van der Waals surface area contributed by atoms with Crippen molar-refractivity contribution in [3.63, 3.8) is 0 Å². The number of pyridine rings is 1. The van der Waals surface area contributed by atoms with E-state index in [9.17, 15) is 18.8 Å². The molecule has 2 aromatic carbocycles. The van der Waals surface area contributed by atoms with Crippen molar-refractivity contribution < 1.29 is 23.5 Å². The van der Waals surface area contributed by atoms with Gasteiger partial charge in [0, 0.05) is 61.0 Å². The highest BCUT2D eigenvalue weighted by Crippen LogP contribution is 2.39. The van der Waals surface area contributed by atoms with E-state index in [2.05, 4.69) is 10.3 Å². The molecule has 3 amide bonds. The molecule has 0 radical (unpaired) electrons. The van der Waals surface area contributed by atoms with Crippen LogP contribution >= 0.6 is 11.6 Å². The molecule has 8 nitrogen and oxygen atoms in total. The van der Waals surface area contributed by atoms with Gasteiger partial charge in [0.1, 0.15) is 17.6 Å². The Balaban J connectivity index is 1.37. The fraction of sp³-hybridized carbons (Fsp3) is 0.286. The number of halogens is 2. The van der Waals surface area contributed by atoms with Gasteiger partial charge in [0.2, 0.25) is 5.91 Å². The molecule has 0 aliphatic carbocycles. The van der Waals surface area contributed by atoms with E-state index in [4.69, 9.17) is 16.3 Å². The Labute approximate surface area is 224 Å². The maximum atomic E-state index is 14.0. The van der Waals surface area contributed by atoms with Gasteiger partial charge in [0.25, 0.3) is 11.8 Å². The Hall–Kier alpha value is -3.82. The lowest BCUT2D eigenvalue weighted by molar-refractivity contribution is -0.128. The van der Waals surface area contributed by atoms with Crippen molar-refractivity contribution in [1.82, 2.24) is 20.1 Å². The van der Waals surface area contributed by atoms with Gasteiger partial charge < -0.3 is 15.0 Å². The van der Waals surface area contributed by atoms with E-state index in [-0.39, 0.29) is 30.5 Å². The van der Waals surface area contributed by atoms with Gasteiger partial charge in [-0.15, -0.1) is 0 Å². The largest absolute Gasteiger partial charge is 0.353 e. The second kappa shape index (κ2) is 10.9. The number of carbonyl (C=O) groups excluding carboxylic acids is 3. The van der Waals surface area contributed by atoms with E-state index in [1.807, 2.05) is 6.07 Å². The molecule has 2 saturated heterocycles. The van der Waals surface area contributed by atoms with Crippen molar-refractivity contribution in [3.05, 3.63) is 101 Å². The van der Waals surface area contributed by atoms with Gasteiger partial charge in [-0.2, -0.15) is 0 Å². The maximum absolute atomic E-state index is 14.0. The Bertz CT molecular complexity index is 1350. The summed E-state index contributed by atoms with van der Waals surface area (Å²) in [6, 6.07) is 14.8. The van der Waals surface area contributed by atoms with Gasteiger partial charge in [0.05, 0.1) is 6.61 Å². The highest BCUT2D eigenvalue weighted by atomic mass is 35.5. The summed E-state index contributed by atoms with van der Waals surface area (Å²) in [6.07, 6.45) is 3.89. The number of amides is 3. The van der Waals surface area contributed by atoms with E-state index < -0.39 is 23.5 Å². The molecule has 10 heteroatoms. The van der Waals surface area contributed by atoms with Crippen LogP contribution in [0.25, 0.3) is 0 Å². The molecule has 1 aromatic heterocycles. The predicted octanol–water partition coefficient (Wildman–Crippen LogP) is 3.66. The lowest BCUT2D eigenvalue weighted by atomic mass is 9.96. The summed E-state index contributed by atoms with van der Waals surface area (Å²) < 4.78 is 20.2. The standard InChI is InChI=1S/C28H26ClFN4O4/c29-22-7-1-5-20(14-22)26(36)33-12-9-28(10-13-33)34(27(37)21-6-2-8-23(30)15-21)24(18-38-28)25(35)32-17-19-4-3-11-31-16-19/h1-8,11,14-16,24H,9-10,12-13,17-18H2,(H,32,35)/t24-/m0/s1. The minimum atomic E-state index is -1.11. The summed E-state index contributed by atoms with van der Waals surface area (Å²) in [6.45, 7) is 0.840. The Morgan fingerprint density at radius 1 is 1.03 bits per heavy atom. The van der Waals surface area contributed by atoms with Gasteiger partial charge in [-0.25, -0.2) is 4.39 Å². The number of aromatic nitrogens is 1. The molecule has 38 heavy (non-hydrogen) atoms. The molecule has 2 aliphatic rings. The fourth-order valence-electron chi connectivity index (χ4n) is 5.00. The highest BCUT2D eigenvalue weighted by molar-refractivity contribution is 6.30. The minimum absolute atomic E-state index is 0.0117. The number of benzene rings is 2. The Morgan fingerprint density at radius 3 is 2.45 bits per heavy atom. The zero-order valence-corrected chi connectivity index (χ0v) is 21.2. The van der Waals surface area contributed by atoms with Gasteiger partial charge in [-0.3, -0.25) is 24.3 Å². The van der Waals surface area contributed by atoms with E-state index in [0.29, 0.717) is 36.5 Å². The minimum Gasteiger partial charge on any atom is -0.353 e. The molecule has 2 aliphatic heterocycles. The summed E-state index contributed by atoms with van der Waals surface area (Å²) in [7, 11) is 0. The van der Waals surface area contributed by atoms with Gasteiger partial charge in [-0.05, 0) is 48.0 Å². The normalized spacial score (nSPS) is 18.4. The van der Waals surface area contributed by atoms with Crippen LogP contribution in [-0.2, 0) is 16.1 Å². The van der Waals surface area contributed by atoms with Crippen LogP contribution in [0.4, 0.5) is 4.39 Å². The number of rotatable bonds is 5. The van der Waals surface area contributed by atoms with Crippen molar-refractivity contribution in [2.45, 2.75) is 31.2 Å². The maximum Gasteiger partial charge on any atom is 0.256 e. The van der Waals surface area contributed by atoms with Crippen molar-refractivity contribution in [2.75, 3.05) is 19.7 Å². The molecule has 196 valence electrons. The van der Waals surface area contributed by atoms with Crippen molar-refractivity contribution in [3.8, 4) is 0 Å². The number of nitrogens with zero attached hydrogens (tertiary/aromatic N) is 3. The van der Waals surface area contributed by atoms with E-state index in [0.717, 1.165) is 11.6 Å². The zero-order valence-electron chi connectivity index (χ0n) is 20.5. The second-order valence-electron chi connectivity index (χ2n) is 9.34. The number of hydrogen-bond donors (Lipinski definition) is 1. The third kappa shape index (κ3) is 5.25. The molecule has 0 unspecified atom stereocenters. The van der Waals surface area contributed by atoms with Crippen molar-refractivity contribution >= 4 is 29.3 Å². The fourth-order valence-corrected chi connectivity index (χ4v) is 5.19. The van der Waals surface area contributed by atoms with Crippen LogP contribution in [0.2, 0.25) is 5.02 Å². The monoisotopic (exact) mass is 536 g/mol. The van der Waals surface area contributed by atoms with Gasteiger partial charge in [0.15, 0.2) is 0 Å². The first-order valence-electron chi connectivity index (χ1n) is 12.3. The Morgan fingerprint density at radius 2 is 1.76 bits per heavy atom. The zero-order chi connectivity index (χ0) is 26.7. The third-order valence-corrected chi connectivity index (χ3v) is 7.18. The molecule has 2 fully saturated rings. The molecule has 0 bridgehead atoms. The number of nitrogens with one attached hydrogen (secondary N) is 1. The average Bonchev–Trinajstić information content (AvgIpc) is 3.30. The summed E-state index contributed by atoms with van der Waals surface area (Å²) in [5, 5.41) is 3.33. The molecule has 3 heterocycles. The number of carbonyl (C=O) groups is 3. The molecular weight excluding hydrogens is 511 g/mol. The van der Waals surface area contributed by atoms with E-state index in [1.54, 1.807) is 47.6 Å². The van der Waals surface area contributed by atoms with Crippen LogP contribution in [0.15, 0.2) is 73.1 Å². The summed E-state index contributed by atoms with van der Waals surface area (Å²) >= 11 is 6.06. The van der Waals surface area contributed by atoms with E-state index in [1.165, 1.54) is 23.1 Å². The molecule has 1 atom stereocenters. The van der Waals surface area contributed by atoms with Gasteiger partial charge in [-0.1, -0.05) is 29.8 Å². The lowest BCUT2D eigenvalue weighted by Gasteiger charge is -2.44. The van der Waals surface area contributed by atoms with Crippen LogP contribution in [-0.4, -0.2) is 64.0 Å². The first kappa shape index (κ1) is 25.8. The smallest absolute Gasteiger partial charge is 0.256 e. The van der Waals surface area contributed by atoms with E-state index >= 15 is 0 Å². The molecule has 5 rings (SSSR count). The third-order valence-electron chi connectivity index (χ3n) is 6.95. The van der Waals surface area contributed by atoms with Crippen LogP contribution < -0.4 is 5.32 Å².